The summed E-state index contributed by atoms with van der Waals surface area (Å²) in [7, 11) is 0. The molecule has 1 fully saturated rings. The summed E-state index contributed by atoms with van der Waals surface area (Å²) in [4.78, 5) is 0. The first kappa shape index (κ1) is 9.54. The van der Waals surface area contributed by atoms with Gasteiger partial charge in [-0.1, -0.05) is 26.2 Å². The van der Waals surface area contributed by atoms with Crippen LogP contribution in [0.15, 0.2) is 0 Å². The summed E-state index contributed by atoms with van der Waals surface area (Å²) in [5, 5.41) is 18.1. The second kappa shape index (κ2) is 3.91. The second-order valence-corrected chi connectivity index (χ2v) is 3.92. The van der Waals surface area contributed by atoms with Gasteiger partial charge in [0.25, 0.3) is 0 Å². The number of nitriles is 1. The fourth-order valence-corrected chi connectivity index (χ4v) is 2.11. The van der Waals surface area contributed by atoms with Gasteiger partial charge in [-0.3, -0.25) is 0 Å². The molecule has 0 amide bonds. The first-order valence-electron chi connectivity index (χ1n) is 4.78. The lowest BCUT2D eigenvalue weighted by atomic mass is 9.70. The second-order valence-electron chi connectivity index (χ2n) is 3.92. The van der Waals surface area contributed by atoms with Crippen molar-refractivity contribution in [2.45, 2.75) is 39.0 Å². The third-order valence-electron chi connectivity index (χ3n) is 3.06. The quantitative estimate of drug-likeness (QED) is 0.684. The van der Waals surface area contributed by atoms with Gasteiger partial charge in [-0.25, -0.2) is 0 Å². The number of aliphatic hydroxyl groups excluding tert-OH is 1. The normalized spacial score (nSPS) is 35.9. The summed E-state index contributed by atoms with van der Waals surface area (Å²) < 4.78 is 0. The highest BCUT2D eigenvalue weighted by Crippen LogP contribution is 2.39. The Kier molecular flexibility index (Phi) is 3.11. The summed E-state index contributed by atoms with van der Waals surface area (Å²) >= 11 is 0. The van der Waals surface area contributed by atoms with E-state index in [1.807, 2.05) is 0 Å². The molecule has 2 heteroatoms. The molecular formula is C10H17NO. The van der Waals surface area contributed by atoms with Crippen LogP contribution in [0, 0.1) is 22.7 Å². The molecular weight excluding hydrogens is 150 g/mol. The lowest BCUT2D eigenvalue weighted by molar-refractivity contribution is 0.104. The monoisotopic (exact) mass is 167 g/mol. The lowest BCUT2D eigenvalue weighted by Gasteiger charge is -2.33. The molecule has 2 atom stereocenters. The van der Waals surface area contributed by atoms with Gasteiger partial charge in [0, 0.05) is 0 Å². The van der Waals surface area contributed by atoms with Crippen LogP contribution in [-0.2, 0) is 0 Å². The summed E-state index contributed by atoms with van der Waals surface area (Å²) in [5.41, 5.74) is -0.404. The van der Waals surface area contributed by atoms with Crippen molar-refractivity contribution in [1.29, 1.82) is 5.26 Å². The number of rotatable bonds is 2. The molecule has 2 nitrogen and oxygen atoms in total. The van der Waals surface area contributed by atoms with Gasteiger partial charge in [0.15, 0.2) is 0 Å². The number of hydrogen-bond acceptors (Lipinski definition) is 2. The Hall–Kier alpha value is -0.550. The number of hydrogen-bond donors (Lipinski definition) is 1. The van der Waals surface area contributed by atoms with Gasteiger partial charge in [-0.15, -0.1) is 0 Å². The molecule has 1 aliphatic carbocycles. The average Bonchev–Trinajstić information content (AvgIpc) is 2.18. The third kappa shape index (κ3) is 1.78. The van der Waals surface area contributed by atoms with Gasteiger partial charge < -0.3 is 5.11 Å². The number of nitrogens with zero attached hydrogens (tertiary/aromatic N) is 1. The summed E-state index contributed by atoms with van der Waals surface area (Å²) in [6.07, 6.45) is 5.27. The number of aliphatic hydroxyl groups is 1. The minimum absolute atomic E-state index is 0.0417. The first-order chi connectivity index (χ1) is 5.76. The van der Waals surface area contributed by atoms with E-state index in [-0.39, 0.29) is 6.61 Å². The van der Waals surface area contributed by atoms with E-state index in [9.17, 15) is 0 Å². The van der Waals surface area contributed by atoms with Crippen molar-refractivity contribution in [3.8, 4) is 6.07 Å². The molecule has 0 aromatic heterocycles. The van der Waals surface area contributed by atoms with Crippen molar-refractivity contribution in [3.05, 3.63) is 0 Å². The van der Waals surface area contributed by atoms with Gasteiger partial charge in [-0.2, -0.15) is 5.26 Å². The Morgan fingerprint density at radius 3 is 2.92 bits per heavy atom. The molecule has 0 aromatic carbocycles. The highest BCUT2D eigenvalue weighted by Gasteiger charge is 2.35. The van der Waals surface area contributed by atoms with Gasteiger partial charge in [0.2, 0.25) is 0 Å². The van der Waals surface area contributed by atoms with Gasteiger partial charge in [0.05, 0.1) is 18.1 Å². The minimum Gasteiger partial charge on any atom is -0.395 e. The summed E-state index contributed by atoms with van der Waals surface area (Å²) in [6.45, 7) is 2.20. The van der Waals surface area contributed by atoms with Crippen LogP contribution < -0.4 is 0 Å². The minimum atomic E-state index is -0.404. The first-order valence-corrected chi connectivity index (χ1v) is 4.78. The Balaban J connectivity index is 2.60. The zero-order valence-corrected chi connectivity index (χ0v) is 7.71. The van der Waals surface area contributed by atoms with Crippen LogP contribution in [0.2, 0.25) is 0 Å². The molecule has 0 heterocycles. The Morgan fingerprint density at radius 2 is 2.42 bits per heavy atom. The molecule has 1 N–H and O–H groups in total. The largest absolute Gasteiger partial charge is 0.395 e. The SMILES string of the molecule is CCC1CCCC(C#N)(CO)C1. The fourth-order valence-electron chi connectivity index (χ4n) is 2.11. The predicted molar refractivity (Wildman–Crippen MR) is 47.4 cm³/mol. The molecule has 68 valence electrons. The lowest BCUT2D eigenvalue weighted by Crippen LogP contribution is -2.30. The van der Waals surface area contributed by atoms with Crippen LogP contribution in [-0.4, -0.2) is 11.7 Å². The topological polar surface area (TPSA) is 44.0 Å². The Morgan fingerprint density at radius 1 is 1.67 bits per heavy atom. The van der Waals surface area contributed by atoms with Crippen LogP contribution in [0.3, 0.4) is 0 Å². The maximum atomic E-state index is 9.13. The van der Waals surface area contributed by atoms with E-state index < -0.39 is 5.41 Å². The van der Waals surface area contributed by atoms with Crippen molar-refractivity contribution in [2.24, 2.45) is 11.3 Å². The molecule has 1 aliphatic rings. The van der Waals surface area contributed by atoms with Crippen LogP contribution in [0.5, 0.6) is 0 Å². The molecule has 1 saturated carbocycles. The van der Waals surface area contributed by atoms with Crippen molar-refractivity contribution >= 4 is 0 Å². The highest BCUT2D eigenvalue weighted by molar-refractivity contribution is 5.01. The third-order valence-corrected chi connectivity index (χ3v) is 3.06. The standard InChI is InChI=1S/C10H17NO/c1-2-9-4-3-5-10(6-9,7-11)8-12/h9,12H,2-6,8H2,1H3. The van der Waals surface area contributed by atoms with E-state index >= 15 is 0 Å². The maximum Gasteiger partial charge on any atom is 0.0806 e. The van der Waals surface area contributed by atoms with E-state index in [2.05, 4.69) is 13.0 Å². The van der Waals surface area contributed by atoms with E-state index in [1.54, 1.807) is 0 Å². The maximum absolute atomic E-state index is 9.13. The van der Waals surface area contributed by atoms with E-state index in [4.69, 9.17) is 10.4 Å². The van der Waals surface area contributed by atoms with Crippen LogP contribution in [0.1, 0.15) is 39.0 Å². The molecule has 2 unspecified atom stereocenters. The molecule has 0 radical (unpaired) electrons. The smallest absolute Gasteiger partial charge is 0.0806 e. The summed E-state index contributed by atoms with van der Waals surface area (Å²) in [5.74, 6) is 0.658. The predicted octanol–water partition coefficient (Wildman–Crippen LogP) is 2.09. The van der Waals surface area contributed by atoms with Gasteiger partial charge in [-0.05, 0) is 18.8 Å². The van der Waals surface area contributed by atoms with E-state index in [1.165, 1.54) is 6.42 Å². The van der Waals surface area contributed by atoms with Crippen molar-refractivity contribution in [1.82, 2.24) is 0 Å². The zero-order chi connectivity index (χ0) is 9.03. The Bertz CT molecular complexity index is 185. The fraction of sp³-hybridized carbons (Fsp3) is 0.900. The highest BCUT2D eigenvalue weighted by atomic mass is 16.3. The van der Waals surface area contributed by atoms with Crippen molar-refractivity contribution in [3.63, 3.8) is 0 Å². The molecule has 0 saturated heterocycles. The van der Waals surface area contributed by atoms with Crippen molar-refractivity contribution in [2.75, 3.05) is 6.61 Å². The van der Waals surface area contributed by atoms with Crippen LogP contribution in [0.4, 0.5) is 0 Å². The van der Waals surface area contributed by atoms with Crippen LogP contribution >= 0.6 is 0 Å². The molecule has 0 aliphatic heterocycles. The summed E-state index contributed by atoms with van der Waals surface area (Å²) in [6, 6.07) is 2.28. The molecule has 0 spiro atoms. The molecule has 12 heavy (non-hydrogen) atoms. The Labute approximate surface area is 74.2 Å². The van der Waals surface area contributed by atoms with E-state index in [0.29, 0.717) is 5.92 Å². The average molecular weight is 167 g/mol. The molecule has 0 bridgehead atoms. The zero-order valence-electron chi connectivity index (χ0n) is 7.71. The van der Waals surface area contributed by atoms with Crippen LogP contribution in [0.25, 0.3) is 0 Å². The van der Waals surface area contributed by atoms with Gasteiger partial charge in [0.1, 0.15) is 0 Å². The molecule has 1 rings (SSSR count). The van der Waals surface area contributed by atoms with Gasteiger partial charge >= 0.3 is 0 Å². The van der Waals surface area contributed by atoms with Crippen molar-refractivity contribution < 1.29 is 5.11 Å². The van der Waals surface area contributed by atoms with E-state index in [0.717, 1.165) is 25.7 Å². The molecule has 0 aromatic rings.